The van der Waals surface area contributed by atoms with Crippen LogP contribution in [0.5, 0.6) is 0 Å². The molecule has 0 aliphatic rings. The quantitative estimate of drug-likeness (QED) is 0.782. The van der Waals surface area contributed by atoms with Crippen LogP contribution in [0.4, 0.5) is 5.69 Å². The standard InChI is InChI=1S/C15H17N3S/c1-10-5-4-6-13(11(10)2)16-9-14-12(3)17-15-18(14)7-8-19-15/h4-8,16H,9H2,1-3H3. The summed E-state index contributed by atoms with van der Waals surface area (Å²) in [6.07, 6.45) is 2.08. The van der Waals surface area contributed by atoms with Crippen molar-refractivity contribution in [3.63, 3.8) is 0 Å². The highest BCUT2D eigenvalue weighted by molar-refractivity contribution is 7.15. The molecule has 0 spiro atoms. The highest BCUT2D eigenvalue weighted by atomic mass is 32.1. The monoisotopic (exact) mass is 271 g/mol. The first-order valence-electron chi connectivity index (χ1n) is 6.38. The predicted molar refractivity (Wildman–Crippen MR) is 81.0 cm³/mol. The second-order valence-corrected chi connectivity index (χ2v) is 5.67. The van der Waals surface area contributed by atoms with Crippen LogP contribution in [0.15, 0.2) is 29.8 Å². The van der Waals surface area contributed by atoms with Crippen molar-refractivity contribution < 1.29 is 0 Å². The van der Waals surface area contributed by atoms with Gasteiger partial charge in [0.1, 0.15) is 0 Å². The molecule has 1 N–H and O–H groups in total. The summed E-state index contributed by atoms with van der Waals surface area (Å²) >= 11 is 1.67. The molecule has 0 amide bonds. The topological polar surface area (TPSA) is 29.3 Å². The van der Waals surface area contributed by atoms with Gasteiger partial charge >= 0.3 is 0 Å². The third kappa shape index (κ3) is 2.12. The molecule has 1 aromatic carbocycles. The van der Waals surface area contributed by atoms with E-state index in [0.717, 1.165) is 17.2 Å². The summed E-state index contributed by atoms with van der Waals surface area (Å²) in [7, 11) is 0. The molecule has 3 nitrogen and oxygen atoms in total. The maximum absolute atomic E-state index is 4.57. The van der Waals surface area contributed by atoms with Gasteiger partial charge in [-0.3, -0.25) is 4.40 Å². The molecule has 0 saturated heterocycles. The van der Waals surface area contributed by atoms with Gasteiger partial charge in [0.15, 0.2) is 4.96 Å². The van der Waals surface area contributed by atoms with Crippen LogP contribution in [0.2, 0.25) is 0 Å². The van der Waals surface area contributed by atoms with Gasteiger partial charge in [0.2, 0.25) is 0 Å². The summed E-state index contributed by atoms with van der Waals surface area (Å²) in [5.74, 6) is 0. The predicted octanol–water partition coefficient (Wildman–Crippen LogP) is 3.93. The minimum absolute atomic E-state index is 0.800. The normalized spacial score (nSPS) is 11.1. The van der Waals surface area contributed by atoms with Gasteiger partial charge in [-0.1, -0.05) is 12.1 Å². The zero-order valence-electron chi connectivity index (χ0n) is 11.4. The molecule has 0 aliphatic carbocycles. The SMILES string of the molecule is Cc1cccc(NCc2c(C)nc3sccn23)c1C. The van der Waals surface area contributed by atoms with Crippen LogP contribution in [-0.2, 0) is 6.54 Å². The summed E-state index contributed by atoms with van der Waals surface area (Å²) in [4.78, 5) is 5.63. The van der Waals surface area contributed by atoms with Crippen molar-refractivity contribution >= 4 is 22.0 Å². The average molecular weight is 271 g/mol. The molecule has 0 unspecified atom stereocenters. The van der Waals surface area contributed by atoms with Crippen molar-refractivity contribution in [2.75, 3.05) is 5.32 Å². The van der Waals surface area contributed by atoms with Gasteiger partial charge < -0.3 is 5.32 Å². The smallest absolute Gasteiger partial charge is 0.194 e. The van der Waals surface area contributed by atoms with Gasteiger partial charge in [-0.2, -0.15) is 0 Å². The first-order chi connectivity index (χ1) is 9.16. The van der Waals surface area contributed by atoms with E-state index < -0.39 is 0 Å². The van der Waals surface area contributed by atoms with Crippen LogP contribution in [0.1, 0.15) is 22.5 Å². The van der Waals surface area contributed by atoms with E-state index in [1.807, 2.05) is 0 Å². The van der Waals surface area contributed by atoms with E-state index in [0.29, 0.717) is 0 Å². The molecule has 2 heterocycles. The Morgan fingerprint density at radius 1 is 1.26 bits per heavy atom. The van der Waals surface area contributed by atoms with E-state index in [9.17, 15) is 0 Å². The highest BCUT2D eigenvalue weighted by Gasteiger charge is 2.09. The molecule has 4 heteroatoms. The Labute approximate surface area is 116 Å². The number of aryl methyl sites for hydroxylation is 2. The van der Waals surface area contributed by atoms with Crippen LogP contribution < -0.4 is 5.32 Å². The van der Waals surface area contributed by atoms with Crippen molar-refractivity contribution in [3.8, 4) is 0 Å². The number of nitrogens with zero attached hydrogens (tertiary/aromatic N) is 2. The molecule has 0 atom stereocenters. The molecule has 3 rings (SSSR count). The number of anilines is 1. The molecular formula is C15H17N3S. The number of nitrogens with one attached hydrogen (secondary N) is 1. The fourth-order valence-electron chi connectivity index (χ4n) is 2.28. The molecule has 2 aromatic heterocycles. The third-order valence-electron chi connectivity index (χ3n) is 3.61. The number of benzene rings is 1. The van der Waals surface area contributed by atoms with E-state index in [4.69, 9.17) is 0 Å². The third-order valence-corrected chi connectivity index (χ3v) is 4.37. The number of aromatic nitrogens is 2. The van der Waals surface area contributed by atoms with E-state index >= 15 is 0 Å². The van der Waals surface area contributed by atoms with Gasteiger partial charge in [0.25, 0.3) is 0 Å². The summed E-state index contributed by atoms with van der Waals surface area (Å²) < 4.78 is 2.16. The van der Waals surface area contributed by atoms with Gasteiger partial charge in [-0.15, -0.1) is 11.3 Å². The number of hydrogen-bond acceptors (Lipinski definition) is 3. The van der Waals surface area contributed by atoms with E-state index in [1.165, 1.54) is 22.5 Å². The lowest BCUT2D eigenvalue weighted by atomic mass is 10.1. The number of hydrogen-bond donors (Lipinski definition) is 1. The molecular weight excluding hydrogens is 254 g/mol. The molecule has 0 saturated carbocycles. The lowest BCUT2D eigenvalue weighted by Crippen LogP contribution is -2.05. The number of rotatable bonds is 3. The Morgan fingerprint density at radius 2 is 2.11 bits per heavy atom. The lowest BCUT2D eigenvalue weighted by Gasteiger charge is -2.11. The van der Waals surface area contributed by atoms with Gasteiger partial charge in [-0.05, 0) is 38.0 Å². The van der Waals surface area contributed by atoms with Gasteiger partial charge in [0, 0.05) is 17.3 Å². The van der Waals surface area contributed by atoms with Crippen molar-refractivity contribution in [2.24, 2.45) is 0 Å². The maximum Gasteiger partial charge on any atom is 0.194 e. The number of imidazole rings is 1. The van der Waals surface area contributed by atoms with Crippen molar-refractivity contribution in [3.05, 3.63) is 52.3 Å². The highest BCUT2D eigenvalue weighted by Crippen LogP contribution is 2.21. The summed E-state index contributed by atoms with van der Waals surface area (Å²) in [5.41, 5.74) is 6.16. The zero-order valence-corrected chi connectivity index (χ0v) is 12.2. The molecule has 98 valence electrons. The molecule has 0 radical (unpaired) electrons. The summed E-state index contributed by atoms with van der Waals surface area (Å²) in [6, 6.07) is 6.36. The van der Waals surface area contributed by atoms with E-state index in [1.54, 1.807) is 11.3 Å². The second kappa shape index (κ2) is 4.70. The van der Waals surface area contributed by atoms with Crippen molar-refractivity contribution in [1.82, 2.24) is 9.38 Å². The fraction of sp³-hybridized carbons (Fsp3) is 0.267. The minimum Gasteiger partial charge on any atom is -0.379 e. The first kappa shape index (κ1) is 12.2. The van der Waals surface area contributed by atoms with Crippen LogP contribution in [0.3, 0.4) is 0 Å². The molecule has 19 heavy (non-hydrogen) atoms. The first-order valence-corrected chi connectivity index (χ1v) is 7.26. The van der Waals surface area contributed by atoms with Gasteiger partial charge in [0.05, 0.1) is 17.9 Å². The van der Waals surface area contributed by atoms with E-state index in [-0.39, 0.29) is 0 Å². The fourth-order valence-corrected chi connectivity index (χ4v) is 3.05. The summed E-state index contributed by atoms with van der Waals surface area (Å²) in [5, 5.41) is 5.60. The Hall–Kier alpha value is -1.81. The molecule has 0 fully saturated rings. The number of fused-ring (bicyclic) bond motifs is 1. The maximum atomic E-state index is 4.57. The zero-order chi connectivity index (χ0) is 13.4. The Kier molecular flexibility index (Phi) is 3.03. The molecule has 0 aliphatic heterocycles. The molecule has 3 aromatic rings. The number of thiazole rings is 1. The van der Waals surface area contributed by atoms with Crippen molar-refractivity contribution in [1.29, 1.82) is 0 Å². The van der Waals surface area contributed by atoms with Gasteiger partial charge in [-0.25, -0.2) is 4.98 Å². The Bertz CT molecular complexity index is 724. The van der Waals surface area contributed by atoms with Crippen LogP contribution >= 0.6 is 11.3 Å². The van der Waals surface area contributed by atoms with E-state index in [2.05, 4.69) is 65.2 Å². The van der Waals surface area contributed by atoms with Crippen LogP contribution in [0, 0.1) is 20.8 Å². The van der Waals surface area contributed by atoms with Crippen LogP contribution in [0.25, 0.3) is 4.96 Å². The lowest BCUT2D eigenvalue weighted by molar-refractivity contribution is 0.991. The van der Waals surface area contributed by atoms with Crippen LogP contribution in [-0.4, -0.2) is 9.38 Å². The second-order valence-electron chi connectivity index (χ2n) is 4.80. The summed E-state index contributed by atoms with van der Waals surface area (Å²) in [6.45, 7) is 7.16. The molecule has 0 bridgehead atoms. The minimum atomic E-state index is 0.800. The Morgan fingerprint density at radius 3 is 2.95 bits per heavy atom. The largest absolute Gasteiger partial charge is 0.379 e. The van der Waals surface area contributed by atoms with Crippen molar-refractivity contribution in [2.45, 2.75) is 27.3 Å². The Balaban J connectivity index is 1.88. The average Bonchev–Trinajstić information content (AvgIpc) is 2.93.